The van der Waals surface area contributed by atoms with Crippen LogP contribution in [0.15, 0.2) is 46.3 Å². The molecule has 0 radical (unpaired) electrons. The van der Waals surface area contributed by atoms with E-state index in [2.05, 4.69) is 15.3 Å². The van der Waals surface area contributed by atoms with Crippen molar-refractivity contribution in [3.8, 4) is 0 Å². The maximum atomic E-state index is 12.7. The van der Waals surface area contributed by atoms with Gasteiger partial charge in [-0.3, -0.25) is 0 Å². The standard InChI is InChI=1S/C12H6ClF3N4OS/c13-11-18-17-9-4-5-10(19-20(9)11)22(21)8-3-1-2-7(6-8)12(14,15)16/h1-6H/t22-/m0/s1. The fourth-order valence-corrected chi connectivity index (χ4v) is 2.94. The largest absolute Gasteiger partial charge is 0.416 e. The zero-order chi connectivity index (χ0) is 15.9. The summed E-state index contributed by atoms with van der Waals surface area (Å²) in [7, 11) is -1.89. The summed E-state index contributed by atoms with van der Waals surface area (Å²) in [6.45, 7) is 0. The highest BCUT2D eigenvalue weighted by Crippen LogP contribution is 2.30. The van der Waals surface area contributed by atoms with E-state index in [0.29, 0.717) is 5.65 Å². The molecule has 0 bridgehead atoms. The van der Waals surface area contributed by atoms with Gasteiger partial charge in [0.15, 0.2) is 10.7 Å². The van der Waals surface area contributed by atoms with Crippen molar-refractivity contribution in [3.05, 3.63) is 47.2 Å². The predicted molar refractivity (Wildman–Crippen MR) is 71.9 cm³/mol. The second-order valence-electron chi connectivity index (χ2n) is 4.20. The molecule has 114 valence electrons. The van der Waals surface area contributed by atoms with Crippen LogP contribution in [0.25, 0.3) is 5.65 Å². The van der Waals surface area contributed by atoms with Gasteiger partial charge in [-0.1, -0.05) is 6.07 Å². The van der Waals surface area contributed by atoms with Crippen LogP contribution in [0.1, 0.15) is 5.56 Å². The molecular weight excluding hydrogens is 341 g/mol. The molecule has 0 amide bonds. The molecule has 0 saturated heterocycles. The highest BCUT2D eigenvalue weighted by atomic mass is 35.5. The summed E-state index contributed by atoms with van der Waals surface area (Å²) < 4.78 is 51.6. The van der Waals surface area contributed by atoms with Crippen LogP contribution in [0.2, 0.25) is 5.28 Å². The van der Waals surface area contributed by atoms with Crippen molar-refractivity contribution in [2.24, 2.45) is 0 Å². The van der Waals surface area contributed by atoms with Crippen molar-refractivity contribution in [1.29, 1.82) is 0 Å². The Morgan fingerprint density at radius 3 is 2.64 bits per heavy atom. The Bertz CT molecular complexity index is 880. The second-order valence-corrected chi connectivity index (χ2v) is 5.97. The average Bonchev–Trinajstić information content (AvgIpc) is 2.87. The van der Waals surface area contributed by atoms with E-state index < -0.39 is 22.5 Å². The molecule has 1 atom stereocenters. The van der Waals surface area contributed by atoms with Crippen molar-refractivity contribution in [2.75, 3.05) is 0 Å². The first-order valence-electron chi connectivity index (χ1n) is 5.83. The third-order valence-corrected chi connectivity index (χ3v) is 4.28. The van der Waals surface area contributed by atoms with Crippen LogP contribution in [-0.4, -0.2) is 24.0 Å². The molecule has 0 N–H and O–H groups in total. The first-order valence-corrected chi connectivity index (χ1v) is 7.36. The number of hydrogen-bond donors (Lipinski definition) is 0. The quantitative estimate of drug-likeness (QED) is 0.715. The number of rotatable bonds is 2. The minimum atomic E-state index is -4.50. The van der Waals surface area contributed by atoms with Gasteiger partial charge < -0.3 is 0 Å². The van der Waals surface area contributed by atoms with Crippen molar-refractivity contribution in [3.63, 3.8) is 0 Å². The van der Waals surface area contributed by atoms with Crippen molar-refractivity contribution in [1.82, 2.24) is 19.8 Å². The zero-order valence-electron chi connectivity index (χ0n) is 10.6. The number of aromatic nitrogens is 4. The third-order valence-electron chi connectivity index (χ3n) is 2.77. The molecule has 0 unspecified atom stereocenters. The summed E-state index contributed by atoms with van der Waals surface area (Å²) in [5, 5.41) is 11.3. The van der Waals surface area contributed by atoms with Crippen molar-refractivity contribution in [2.45, 2.75) is 16.1 Å². The lowest BCUT2D eigenvalue weighted by molar-refractivity contribution is -0.137. The smallest absolute Gasteiger partial charge is 0.247 e. The van der Waals surface area contributed by atoms with E-state index in [0.717, 1.165) is 16.6 Å². The number of alkyl halides is 3. The van der Waals surface area contributed by atoms with Gasteiger partial charge in [-0.25, -0.2) is 4.21 Å². The number of benzene rings is 1. The van der Waals surface area contributed by atoms with Crippen LogP contribution in [0, 0.1) is 0 Å². The molecule has 5 nitrogen and oxygen atoms in total. The third kappa shape index (κ3) is 2.69. The zero-order valence-corrected chi connectivity index (χ0v) is 12.2. The minimum Gasteiger partial charge on any atom is -0.247 e. The summed E-state index contributed by atoms with van der Waals surface area (Å²) in [6, 6.07) is 7.15. The molecule has 0 saturated carbocycles. The molecule has 0 aliphatic rings. The Labute approximate surface area is 129 Å². The Morgan fingerprint density at radius 2 is 1.91 bits per heavy atom. The van der Waals surface area contributed by atoms with E-state index in [-0.39, 0.29) is 15.2 Å². The molecular formula is C12H6ClF3N4OS. The monoisotopic (exact) mass is 346 g/mol. The maximum Gasteiger partial charge on any atom is 0.416 e. The van der Waals surface area contributed by atoms with Gasteiger partial charge in [0.25, 0.3) is 0 Å². The number of fused-ring (bicyclic) bond motifs is 1. The van der Waals surface area contributed by atoms with Gasteiger partial charge in [-0.15, -0.1) is 10.2 Å². The van der Waals surface area contributed by atoms with Gasteiger partial charge in [-0.2, -0.15) is 22.8 Å². The van der Waals surface area contributed by atoms with E-state index in [1.54, 1.807) is 0 Å². The van der Waals surface area contributed by atoms with E-state index in [4.69, 9.17) is 11.6 Å². The van der Waals surface area contributed by atoms with Crippen LogP contribution in [0.5, 0.6) is 0 Å². The Balaban J connectivity index is 2.04. The molecule has 1 aromatic carbocycles. The summed E-state index contributed by atoms with van der Waals surface area (Å²) >= 11 is 5.76. The van der Waals surface area contributed by atoms with Gasteiger partial charge in [0, 0.05) is 4.90 Å². The number of hydrogen-bond acceptors (Lipinski definition) is 4. The van der Waals surface area contributed by atoms with Crippen molar-refractivity contribution >= 4 is 28.0 Å². The van der Waals surface area contributed by atoms with E-state index >= 15 is 0 Å². The van der Waals surface area contributed by atoms with Crippen LogP contribution in [0.4, 0.5) is 13.2 Å². The summed E-state index contributed by atoms with van der Waals surface area (Å²) in [5.74, 6) is 0. The van der Waals surface area contributed by atoms with Gasteiger partial charge in [0.05, 0.1) is 5.56 Å². The van der Waals surface area contributed by atoms with Crippen molar-refractivity contribution < 1.29 is 17.4 Å². The highest BCUT2D eigenvalue weighted by Gasteiger charge is 2.31. The fourth-order valence-electron chi connectivity index (χ4n) is 1.75. The van der Waals surface area contributed by atoms with Gasteiger partial charge in [0.1, 0.15) is 10.8 Å². The summed E-state index contributed by atoms with van der Waals surface area (Å²) in [6.07, 6.45) is -4.50. The lowest BCUT2D eigenvalue weighted by Gasteiger charge is -2.08. The molecule has 3 rings (SSSR count). The molecule has 22 heavy (non-hydrogen) atoms. The van der Waals surface area contributed by atoms with E-state index in [9.17, 15) is 17.4 Å². The Hall–Kier alpha value is -2.00. The van der Waals surface area contributed by atoms with Crippen LogP contribution in [0.3, 0.4) is 0 Å². The maximum absolute atomic E-state index is 12.7. The summed E-state index contributed by atoms with van der Waals surface area (Å²) in [5.41, 5.74) is -0.531. The highest BCUT2D eigenvalue weighted by molar-refractivity contribution is 7.85. The molecule has 0 fully saturated rings. The van der Waals surface area contributed by atoms with Gasteiger partial charge >= 0.3 is 6.18 Å². The molecule has 0 aliphatic carbocycles. The lowest BCUT2D eigenvalue weighted by Crippen LogP contribution is -2.07. The molecule has 0 spiro atoms. The SMILES string of the molecule is O=[S@@](c1cccc(C(F)(F)F)c1)c1ccc2nnc(Cl)n2n1. The summed E-state index contributed by atoms with van der Waals surface area (Å²) in [4.78, 5) is -0.00845. The first-order chi connectivity index (χ1) is 10.4. The lowest BCUT2D eigenvalue weighted by atomic mass is 10.2. The van der Waals surface area contributed by atoms with E-state index in [1.807, 2.05) is 0 Å². The van der Waals surface area contributed by atoms with Crippen LogP contribution >= 0.6 is 11.6 Å². The Morgan fingerprint density at radius 1 is 1.14 bits per heavy atom. The number of halogens is 4. The molecule has 0 aliphatic heterocycles. The van der Waals surface area contributed by atoms with Crippen LogP contribution in [-0.2, 0) is 17.0 Å². The molecule has 10 heteroatoms. The van der Waals surface area contributed by atoms with Gasteiger partial charge in [-0.05, 0) is 41.9 Å². The Kier molecular flexibility index (Phi) is 3.61. The normalized spacial score (nSPS) is 13.5. The minimum absolute atomic E-state index is 0.00845. The molecule has 3 aromatic rings. The second kappa shape index (κ2) is 5.33. The van der Waals surface area contributed by atoms with Gasteiger partial charge in [0.2, 0.25) is 5.28 Å². The predicted octanol–water partition coefficient (Wildman–Crippen LogP) is 2.96. The van der Waals surface area contributed by atoms with E-state index in [1.165, 1.54) is 24.3 Å². The molecule has 2 heterocycles. The average molecular weight is 347 g/mol. The first kappa shape index (κ1) is 14.9. The fraction of sp³-hybridized carbons (Fsp3) is 0.0833. The topological polar surface area (TPSA) is 60.2 Å². The number of nitrogens with zero attached hydrogens (tertiary/aromatic N) is 4. The van der Waals surface area contributed by atoms with Crippen LogP contribution < -0.4 is 0 Å². The molecule has 2 aromatic heterocycles.